The van der Waals surface area contributed by atoms with Crippen LogP contribution < -0.4 is 5.32 Å². The molecule has 0 unspecified atom stereocenters. The maximum atomic E-state index is 11.9. The van der Waals surface area contributed by atoms with Crippen LogP contribution in [0, 0.1) is 6.92 Å². The number of hydrogen-bond acceptors (Lipinski definition) is 3. The highest BCUT2D eigenvalue weighted by Crippen LogP contribution is 2.18. The molecule has 1 rings (SSSR count). The Kier molecular flexibility index (Phi) is 4.55. The van der Waals surface area contributed by atoms with E-state index < -0.39 is 34.7 Å². The van der Waals surface area contributed by atoms with Crippen molar-refractivity contribution in [2.45, 2.75) is 30.2 Å². The van der Waals surface area contributed by atoms with Gasteiger partial charge in [-0.2, -0.15) is 13.2 Å². The number of nitrogens with one attached hydrogen (secondary N) is 1. The van der Waals surface area contributed by atoms with Crippen LogP contribution >= 0.6 is 0 Å². The van der Waals surface area contributed by atoms with Gasteiger partial charge in [-0.15, -0.1) is 0 Å². The molecule has 8 heteroatoms. The van der Waals surface area contributed by atoms with Crippen molar-refractivity contribution in [3.63, 3.8) is 0 Å². The summed E-state index contributed by atoms with van der Waals surface area (Å²) < 4.78 is 52.6. The maximum Gasteiger partial charge on any atom is 0.405 e. The molecule has 1 amide bonds. The highest BCUT2D eigenvalue weighted by molar-refractivity contribution is 7.86. The molecule has 0 saturated heterocycles. The summed E-state index contributed by atoms with van der Waals surface area (Å²) in [7, 11) is -1.74. The SMILES string of the molecule is Cc1occc1[S@@](=O)[C@@H](C)C(=O)NCC(F)(F)F. The molecule has 0 aliphatic heterocycles. The van der Waals surface area contributed by atoms with Crippen molar-refractivity contribution in [3.05, 3.63) is 18.1 Å². The molecule has 0 aromatic carbocycles. The Bertz CT molecular complexity index is 455. The first-order valence-corrected chi connectivity index (χ1v) is 6.23. The number of carbonyl (C=O) groups is 1. The van der Waals surface area contributed by atoms with Crippen LogP contribution in [0.3, 0.4) is 0 Å². The Hall–Kier alpha value is -1.31. The van der Waals surface area contributed by atoms with Gasteiger partial charge in [0, 0.05) is 0 Å². The monoisotopic (exact) mass is 283 g/mol. The molecule has 1 heterocycles. The average Bonchev–Trinajstić information content (AvgIpc) is 2.69. The van der Waals surface area contributed by atoms with Gasteiger partial charge in [0.1, 0.15) is 17.6 Å². The number of alkyl halides is 3. The third-order valence-corrected chi connectivity index (χ3v) is 3.89. The fourth-order valence-corrected chi connectivity index (χ4v) is 2.38. The summed E-state index contributed by atoms with van der Waals surface area (Å²) in [6.45, 7) is 1.43. The molecule has 1 N–H and O–H groups in total. The van der Waals surface area contributed by atoms with Crippen molar-refractivity contribution in [2.75, 3.05) is 6.54 Å². The van der Waals surface area contributed by atoms with Gasteiger partial charge in [-0.05, 0) is 19.9 Å². The third-order valence-electron chi connectivity index (χ3n) is 2.18. The lowest BCUT2D eigenvalue weighted by Crippen LogP contribution is -2.40. The predicted octanol–water partition coefficient (Wildman–Crippen LogP) is 1.76. The van der Waals surface area contributed by atoms with E-state index >= 15 is 0 Å². The molecule has 0 radical (unpaired) electrons. The zero-order chi connectivity index (χ0) is 13.9. The number of carbonyl (C=O) groups excluding carboxylic acids is 1. The van der Waals surface area contributed by atoms with Gasteiger partial charge in [0.05, 0.1) is 22.0 Å². The first-order chi connectivity index (χ1) is 8.22. The molecular formula is C10H12F3NO3S. The van der Waals surface area contributed by atoms with Gasteiger partial charge in [-0.1, -0.05) is 0 Å². The molecule has 0 saturated carbocycles. The van der Waals surface area contributed by atoms with E-state index in [0.717, 1.165) is 0 Å². The zero-order valence-corrected chi connectivity index (χ0v) is 10.5. The fraction of sp³-hybridized carbons (Fsp3) is 0.500. The zero-order valence-electron chi connectivity index (χ0n) is 9.71. The molecule has 0 bridgehead atoms. The van der Waals surface area contributed by atoms with Gasteiger partial charge in [0.2, 0.25) is 5.91 Å². The van der Waals surface area contributed by atoms with Gasteiger partial charge in [0.15, 0.2) is 0 Å². The Morgan fingerprint density at radius 1 is 1.56 bits per heavy atom. The minimum absolute atomic E-state index is 0.310. The lowest BCUT2D eigenvalue weighted by molar-refractivity contribution is -0.137. The van der Waals surface area contributed by atoms with E-state index in [-0.39, 0.29) is 0 Å². The van der Waals surface area contributed by atoms with Crippen LogP contribution in [0.2, 0.25) is 0 Å². The van der Waals surface area contributed by atoms with E-state index in [1.54, 1.807) is 12.2 Å². The van der Waals surface area contributed by atoms with Crippen LogP contribution in [-0.4, -0.2) is 28.1 Å². The molecule has 0 aliphatic carbocycles. The minimum atomic E-state index is -4.48. The van der Waals surface area contributed by atoms with Crippen LogP contribution in [0.5, 0.6) is 0 Å². The van der Waals surface area contributed by atoms with Gasteiger partial charge < -0.3 is 9.73 Å². The number of amides is 1. The summed E-state index contributed by atoms with van der Waals surface area (Å²) in [4.78, 5) is 11.7. The Balaban J connectivity index is 2.65. The van der Waals surface area contributed by atoms with Crippen LogP contribution in [0.25, 0.3) is 0 Å². The summed E-state index contributed by atoms with van der Waals surface area (Å²) in [5.41, 5.74) is 0. The van der Waals surface area contributed by atoms with E-state index in [9.17, 15) is 22.2 Å². The molecule has 0 aliphatic rings. The summed E-state index contributed by atoms with van der Waals surface area (Å²) in [6.07, 6.45) is -3.18. The molecule has 0 spiro atoms. The second-order valence-corrected chi connectivity index (χ2v) is 5.36. The number of halogens is 3. The summed E-state index contributed by atoms with van der Waals surface area (Å²) in [5.74, 6) is -0.532. The smallest absolute Gasteiger partial charge is 0.405 e. The van der Waals surface area contributed by atoms with Gasteiger partial charge >= 0.3 is 6.18 Å². The van der Waals surface area contributed by atoms with Gasteiger partial charge in [-0.3, -0.25) is 9.00 Å². The van der Waals surface area contributed by atoms with Crippen molar-refractivity contribution >= 4 is 16.7 Å². The number of furan rings is 1. The third kappa shape index (κ3) is 3.86. The highest BCUT2D eigenvalue weighted by atomic mass is 32.2. The minimum Gasteiger partial charge on any atom is -0.468 e. The van der Waals surface area contributed by atoms with Crippen molar-refractivity contribution in [2.24, 2.45) is 0 Å². The van der Waals surface area contributed by atoms with E-state index in [2.05, 4.69) is 0 Å². The highest BCUT2D eigenvalue weighted by Gasteiger charge is 2.30. The second kappa shape index (κ2) is 5.55. The first kappa shape index (κ1) is 14.7. The lowest BCUT2D eigenvalue weighted by atomic mass is 10.4. The summed E-state index contributed by atoms with van der Waals surface area (Å²) in [5, 5.41) is 0.617. The quantitative estimate of drug-likeness (QED) is 0.916. The molecular weight excluding hydrogens is 271 g/mol. The number of hydrogen-bond donors (Lipinski definition) is 1. The Labute approximate surface area is 104 Å². The van der Waals surface area contributed by atoms with Crippen LogP contribution in [0.15, 0.2) is 21.6 Å². The van der Waals surface area contributed by atoms with Crippen molar-refractivity contribution in [1.29, 1.82) is 0 Å². The predicted molar refractivity (Wildman–Crippen MR) is 58.4 cm³/mol. The van der Waals surface area contributed by atoms with Gasteiger partial charge in [-0.25, -0.2) is 0 Å². The topological polar surface area (TPSA) is 59.3 Å². The summed E-state index contributed by atoms with van der Waals surface area (Å²) in [6, 6.07) is 1.43. The van der Waals surface area contributed by atoms with Gasteiger partial charge in [0.25, 0.3) is 0 Å². The number of aryl methyl sites for hydroxylation is 1. The van der Waals surface area contributed by atoms with E-state index in [0.29, 0.717) is 10.7 Å². The molecule has 0 fully saturated rings. The van der Waals surface area contributed by atoms with Crippen LogP contribution in [0.1, 0.15) is 12.7 Å². The molecule has 102 valence electrons. The van der Waals surface area contributed by atoms with E-state index in [4.69, 9.17) is 4.42 Å². The second-order valence-electron chi connectivity index (χ2n) is 3.61. The Morgan fingerprint density at radius 3 is 2.61 bits per heavy atom. The number of rotatable bonds is 4. The molecule has 1 aromatic rings. The van der Waals surface area contributed by atoms with Crippen molar-refractivity contribution in [3.8, 4) is 0 Å². The van der Waals surface area contributed by atoms with Crippen LogP contribution in [-0.2, 0) is 15.6 Å². The molecule has 18 heavy (non-hydrogen) atoms. The van der Waals surface area contributed by atoms with E-state index in [1.807, 2.05) is 0 Å². The normalized spacial score (nSPS) is 15.2. The molecule has 4 nitrogen and oxygen atoms in total. The standard InChI is InChI=1S/C10H12F3NO3S/c1-6-8(3-4-17-6)18(16)7(2)9(15)14-5-10(11,12)13/h3-4,7H,5H2,1-2H3,(H,14,15)/t7-,18-/m0/s1. The molecule has 2 atom stereocenters. The lowest BCUT2D eigenvalue weighted by Gasteiger charge is -2.13. The fourth-order valence-electron chi connectivity index (χ4n) is 1.20. The Morgan fingerprint density at radius 2 is 2.17 bits per heavy atom. The first-order valence-electron chi connectivity index (χ1n) is 5.01. The van der Waals surface area contributed by atoms with E-state index in [1.165, 1.54) is 19.3 Å². The summed E-state index contributed by atoms with van der Waals surface area (Å²) >= 11 is 0. The van der Waals surface area contributed by atoms with Crippen LogP contribution in [0.4, 0.5) is 13.2 Å². The largest absolute Gasteiger partial charge is 0.468 e. The molecule has 1 aromatic heterocycles. The van der Waals surface area contributed by atoms with Crippen molar-refractivity contribution < 1.29 is 26.6 Å². The van der Waals surface area contributed by atoms with Crippen molar-refractivity contribution in [1.82, 2.24) is 5.32 Å². The maximum absolute atomic E-state index is 11.9. The average molecular weight is 283 g/mol.